The average Bonchev–Trinajstić information content (AvgIpc) is 2.74. The molecule has 0 saturated carbocycles. The summed E-state index contributed by atoms with van der Waals surface area (Å²) in [6.07, 6.45) is 0. The van der Waals surface area contributed by atoms with Gasteiger partial charge in [-0.15, -0.1) is 0 Å². The van der Waals surface area contributed by atoms with E-state index < -0.39 is 0 Å². The molecule has 0 aliphatic rings. The Morgan fingerprint density at radius 1 is 1.06 bits per heavy atom. The lowest BCUT2D eigenvalue weighted by Gasteiger charge is -2.01. The third-order valence-corrected chi connectivity index (χ3v) is 2.66. The van der Waals surface area contributed by atoms with Crippen LogP contribution in [0.4, 0.5) is 15.8 Å². The molecule has 0 saturated heterocycles. The standard InChI is InChI=1S/C13H10FN3O/c14-7-1-4-11-12(5-7)18-13(17-11)9-6-8(15)2-3-10(9)16/h1-6H,15-16H2. The van der Waals surface area contributed by atoms with Crippen molar-refractivity contribution in [2.24, 2.45) is 0 Å². The maximum absolute atomic E-state index is 13.1. The Morgan fingerprint density at radius 3 is 2.72 bits per heavy atom. The molecular weight excluding hydrogens is 233 g/mol. The number of nitrogen functional groups attached to an aromatic ring is 2. The molecule has 0 aliphatic heterocycles. The molecule has 0 bridgehead atoms. The molecule has 90 valence electrons. The van der Waals surface area contributed by atoms with Crippen LogP contribution in [0.15, 0.2) is 40.8 Å². The van der Waals surface area contributed by atoms with Gasteiger partial charge in [-0.1, -0.05) is 0 Å². The van der Waals surface area contributed by atoms with Crippen molar-refractivity contribution in [2.75, 3.05) is 11.5 Å². The van der Waals surface area contributed by atoms with Crippen molar-refractivity contribution in [2.45, 2.75) is 0 Å². The fourth-order valence-corrected chi connectivity index (χ4v) is 1.77. The topological polar surface area (TPSA) is 78.1 Å². The smallest absolute Gasteiger partial charge is 0.229 e. The Morgan fingerprint density at radius 2 is 1.89 bits per heavy atom. The number of nitrogens with two attached hydrogens (primary N) is 2. The number of fused-ring (bicyclic) bond motifs is 1. The minimum Gasteiger partial charge on any atom is -0.436 e. The van der Waals surface area contributed by atoms with Crippen LogP contribution in [-0.4, -0.2) is 4.98 Å². The van der Waals surface area contributed by atoms with E-state index in [9.17, 15) is 4.39 Å². The fourth-order valence-electron chi connectivity index (χ4n) is 1.77. The molecule has 5 heteroatoms. The second-order valence-electron chi connectivity index (χ2n) is 3.98. The van der Waals surface area contributed by atoms with E-state index in [0.717, 1.165) is 0 Å². The van der Waals surface area contributed by atoms with Crippen LogP contribution < -0.4 is 11.5 Å². The number of hydrogen-bond acceptors (Lipinski definition) is 4. The molecule has 0 amide bonds. The van der Waals surface area contributed by atoms with E-state index in [1.54, 1.807) is 24.3 Å². The first-order valence-electron chi connectivity index (χ1n) is 5.35. The summed E-state index contributed by atoms with van der Waals surface area (Å²) < 4.78 is 18.5. The molecule has 0 spiro atoms. The second kappa shape index (κ2) is 3.73. The maximum Gasteiger partial charge on any atom is 0.229 e. The Hall–Kier alpha value is -2.56. The number of nitrogens with zero attached hydrogens (tertiary/aromatic N) is 1. The summed E-state index contributed by atoms with van der Waals surface area (Å²) in [5.74, 6) is -0.0360. The molecule has 1 aromatic heterocycles. The molecule has 3 rings (SSSR count). The summed E-state index contributed by atoms with van der Waals surface area (Å²) in [6.45, 7) is 0. The lowest BCUT2D eigenvalue weighted by atomic mass is 10.1. The third kappa shape index (κ3) is 1.66. The van der Waals surface area contributed by atoms with Crippen molar-refractivity contribution in [3.05, 3.63) is 42.2 Å². The van der Waals surface area contributed by atoms with Gasteiger partial charge in [0.1, 0.15) is 11.3 Å². The van der Waals surface area contributed by atoms with Crippen molar-refractivity contribution in [1.29, 1.82) is 0 Å². The first-order valence-corrected chi connectivity index (χ1v) is 5.35. The summed E-state index contributed by atoms with van der Waals surface area (Å²) in [7, 11) is 0. The minimum atomic E-state index is -0.370. The Labute approximate surface area is 102 Å². The van der Waals surface area contributed by atoms with E-state index in [-0.39, 0.29) is 5.82 Å². The molecule has 1 heterocycles. The van der Waals surface area contributed by atoms with E-state index in [4.69, 9.17) is 15.9 Å². The van der Waals surface area contributed by atoms with Gasteiger partial charge in [0, 0.05) is 17.4 Å². The summed E-state index contributed by atoms with van der Waals surface area (Å²) in [4.78, 5) is 4.26. The zero-order valence-electron chi connectivity index (χ0n) is 9.35. The van der Waals surface area contributed by atoms with Crippen LogP contribution in [-0.2, 0) is 0 Å². The van der Waals surface area contributed by atoms with Crippen LogP contribution in [0.3, 0.4) is 0 Å². The van der Waals surface area contributed by atoms with Crippen LogP contribution >= 0.6 is 0 Å². The minimum absolute atomic E-state index is 0.334. The zero-order chi connectivity index (χ0) is 12.7. The summed E-state index contributed by atoms with van der Waals surface area (Å²) in [5.41, 5.74) is 14.2. The molecule has 0 fully saturated rings. The van der Waals surface area contributed by atoms with E-state index in [1.165, 1.54) is 12.1 Å². The number of anilines is 2. The van der Waals surface area contributed by atoms with Crippen molar-refractivity contribution in [3.8, 4) is 11.5 Å². The highest BCUT2D eigenvalue weighted by Gasteiger charge is 2.11. The van der Waals surface area contributed by atoms with Gasteiger partial charge >= 0.3 is 0 Å². The van der Waals surface area contributed by atoms with Gasteiger partial charge in [-0.25, -0.2) is 9.37 Å². The highest BCUT2D eigenvalue weighted by atomic mass is 19.1. The van der Waals surface area contributed by atoms with Crippen LogP contribution in [0, 0.1) is 5.82 Å². The molecule has 4 N–H and O–H groups in total. The van der Waals surface area contributed by atoms with Gasteiger partial charge in [0.25, 0.3) is 0 Å². The largest absolute Gasteiger partial charge is 0.436 e. The van der Waals surface area contributed by atoms with Gasteiger partial charge in [0.2, 0.25) is 5.89 Å². The molecule has 4 nitrogen and oxygen atoms in total. The number of oxazole rings is 1. The highest BCUT2D eigenvalue weighted by molar-refractivity contribution is 5.80. The first-order chi connectivity index (χ1) is 8.63. The normalized spacial score (nSPS) is 10.9. The third-order valence-electron chi connectivity index (χ3n) is 2.66. The van der Waals surface area contributed by atoms with Crippen LogP contribution in [0.5, 0.6) is 0 Å². The lowest BCUT2D eigenvalue weighted by molar-refractivity contribution is 0.602. The SMILES string of the molecule is Nc1ccc(N)c(-c2nc3ccc(F)cc3o2)c1. The quantitative estimate of drug-likeness (QED) is 0.644. The van der Waals surface area contributed by atoms with Gasteiger partial charge in [-0.05, 0) is 30.3 Å². The number of hydrogen-bond donors (Lipinski definition) is 2. The van der Waals surface area contributed by atoms with E-state index in [0.29, 0.717) is 33.9 Å². The predicted molar refractivity (Wildman–Crippen MR) is 68.2 cm³/mol. The van der Waals surface area contributed by atoms with Gasteiger partial charge in [0.15, 0.2) is 5.58 Å². The van der Waals surface area contributed by atoms with E-state index in [2.05, 4.69) is 4.98 Å². The van der Waals surface area contributed by atoms with E-state index >= 15 is 0 Å². The molecule has 0 aliphatic carbocycles. The molecular formula is C13H10FN3O. The molecule has 0 radical (unpaired) electrons. The maximum atomic E-state index is 13.1. The number of aromatic nitrogens is 1. The monoisotopic (exact) mass is 243 g/mol. The summed E-state index contributed by atoms with van der Waals surface area (Å²) >= 11 is 0. The second-order valence-corrected chi connectivity index (χ2v) is 3.98. The molecule has 0 unspecified atom stereocenters. The van der Waals surface area contributed by atoms with Crippen molar-refractivity contribution < 1.29 is 8.81 Å². The van der Waals surface area contributed by atoms with E-state index in [1.807, 2.05) is 0 Å². The van der Waals surface area contributed by atoms with Gasteiger partial charge in [-0.2, -0.15) is 0 Å². The average molecular weight is 243 g/mol. The molecule has 2 aromatic carbocycles. The number of rotatable bonds is 1. The lowest BCUT2D eigenvalue weighted by Crippen LogP contribution is -1.92. The van der Waals surface area contributed by atoms with Crippen LogP contribution in [0.25, 0.3) is 22.6 Å². The highest BCUT2D eigenvalue weighted by Crippen LogP contribution is 2.30. The first kappa shape index (κ1) is 10.6. The summed E-state index contributed by atoms with van der Waals surface area (Å²) in [6, 6.07) is 9.23. The number of halogens is 1. The molecule has 3 aromatic rings. The van der Waals surface area contributed by atoms with Gasteiger partial charge in [-0.3, -0.25) is 0 Å². The Balaban J connectivity index is 2.22. The zero-order valence-corrected chi connectivity index (χ0v) is 9.35. The predicted octanol–water partition coefficient (Wildman–Crippen LogP) is 2.80. The fraction of sp³-hybridized carbons (Fsp3) is 0. The van der Waals surface area contributed by atoms with Crippen molar-refractivity contribution in [3.63, 3.8) is 0 Å². The van der Waals surface area contributed by atoms with Gasteiger partial charge in [0.05, 0.1) is 5.56 Å². The van der Waals surface area contributed by atoms with Crippen LogP contribution in [0.2, 0.25) is 0 Å². The number of benzene rings is 2. The van der Waals surface area contributed by atoms with Gasteiger partial charge < -0.3 is 15.9 Å². The van der Waals surface area contributed by atoms with Crippen molar-refractivity contribution >= 4 is 22.5 Å². The molecule has 18 heavy (non-hydrogen) atoms. The Bertz CT molecular complexity index is 736. The van der Waals surface area contributed by atoms with Crippen LogP contribution in [0.1, 0.15) is 0 Å². The summed E-state index contributed by atoms with van der Waals surface area (Å²) in [5, 5.41) is 0. The molecule has 0 atom stereocenters. The Kier molecular flexibility index (Phi) is 2.19. The van der Waals surface area contributed by atoms with Crippen molar-refractivity contribution in [1.82, 2.24) is 4.98 Å².